The summed E-state index contributed by atoms with van der Waals surface area (Å²) >= 11 is 0. The molecule has 0 aliphatic rings. The largest absolute Gasteiger partial charge is 0.436 e. The van der Waals surface area contributed by atoms with Gasteiger partial charge in [-0.15, -0.1) is 0 Å². The predicted molar refractivity (Wildman–Crippen MR) is 195 cm³/mol. The van der Waals surface area contributed by atoms with E-state index in [4.69, 9.17) is 29.3 Å². The van der Waals surface area contributed by atoms with Crippen LogP contribution in [-0.4, -0.2) is 24.9 Å². The number of hydrogen-bond donors (Lipinski definition) is 0. The summed E-state index contributed by atoms with van der Waals surface area (Å²) in [5, 5.41) is 1.07. The fraction of sp³-hybridized carbons (Fsp3) is 0. The highest BCUT2D eigenvalue weighted by Crippen LogP contribution is 2.37. The molecule has 9 aromatic rings. The molecule has 0 amide bonds. The van der Waals surface area contributed by atoms with Crippen molar-refractivity contribution in [1.29, 1.82) is 0 Å². The number of hydrogen-bond acceptors (Lipinski definition) is 6. The number of rotatable bonds is 6. The molecule has 3 heterocycles. The second-order valence-corrected chi connectivity index (χ2v) is 11.8. The Balaban J connectivity index is 1.26. The van der Waals surface area contributed by atoms with Gasteiger partial charge in [0.15, 0.2) is 23.1 Å². The molecule has 49 heavy (non-hydrogen) atoms. The summed E-state index contributed by atoms with van der Waals surface area (Å²) in [5.41, 5.74) is 10.1. The van der Waals surface area contributed by atoms with Crippen LogP contribution in [0.4, 0.5) is 0 Å². The lowest BCUT2D eigenvalue weighted by Gasteiger charge is -2.13. The summed E-state index contributed by atoms with van der Waals surface area (Å²) in [4.78, 5) is 24.6. The number of fused-ring (bicyclic) bond motifs is 2. The highest BCUT2D eigenvalue weighted by Gasteiger charge is 2.17. The van der Waals surface area contributed by atoms with Gasteiger partial charge >= 0.3 is 0 Å². The van der Waals surface area contributed by atoms with Crippen molar-refractivity contribution >= 4 is 22.0 Å². The molecule has 3 aromatic heterocycles. The second kappa shape index (κ2) is 12.1. The summed E-state index contributed by atoms with van der Waals surface area (Å²) < 4.78 is 6.28. The molecule has 0 saturated heterocycles. The van der Waals surface area contributed by atoms with Crippen LogP contribution in [0, 0.1) is 0 Å². The van der Waals surface area contributed by atoms with E-state index in [0.29, 0.717) is 28.9 Å². The molecule has 0 fully saturated rings. The minimum absolute atomic E-state index is 0.580. The van der Waals surface area contributed by atoms with Crippen LogP contribution < -0.4 is 0 Å². The van der Waals surface area contributed by atoms with Crippen molar-refractivity contribution in [2.75, 3.05) is 0 Å². The zero-order valence-electron chi connectivity index (χ0n) is 26.2. The summed E-state index contributed by atoms with van der Waals surface area (Å²) in [6, 6.07) is 53.0. The monoisotopic (exact) mass is 629 g/mol. The maximum atomic E-state index is 6.28. The number of pyridine rings is 1. The van der Waals surface area contributed by atoms with Crippen LogP contribution in [0.3, 0.4) is 0 Å². The van der Waals surface area contributed by atoms with Crippen molar-refractivity contribution in [3.05, 3.63) is 164 Å². The Labute approximate surface area is 282 Å². The Morgan fingerprint density at radius 1 is 0.388 bits per heavy atom. The Kier molecular flexibility index (Phi) is 7.02. The van der Waals surface area contributed by atoms with Crippen molar-refractivity contribution in [3.63, 3.8) is 0 Å². The number of para-hydroxylation sites is 1. The summed E-state index contributed by atoms with van der Waals surface area (Å²) in [6.07, 6.45) is 1.84. The number of nitrogens with zero attached hydrogens (tertiary/aromatic N) is 5. The van der Waals surface area contributed by atoms with E-state index in [-0.39, 0.29) is 0 Å². The van der Waals surface area contributed by atoms with Crippen LogP contribution in [0.2, 0.25) is 0 Å². The normalized spacial score (nSPS) is 11.3. The van der Waals surface area contributed by atoms with Gasteiger partial charge in [0, 0.05) is 39.4 Å². The van der Waals surface area contributed by atoms with Crippen molar-refractivity contribution in [2.24, 2.45) is 0 Å². The second-order valence-electron chi connectivity index (χ2n) is 11.8. The molecular formula is C43H27N5O. The van der Waals surface area contributed by atoms with E-state index in [0.717, 1.165) is 60.9 Å². The molecule has 0 radical (unpaired) electrons. The van der Waals surface area contributed by atoms with Gasteiger partial charge < -0.3 is 4.42 Å². The average Bonchev–Trinajstić information content (AvgIpc) is 3.62. The Morgan fingerprint density at radius 2 is 0.980 bits per heavy atom. The maximum absolute atomic E-state index is 6.28. The van der Waals surface area contributed by atoms with E-state index in [1.165, 1.54) is 0 Å². The van der Waals surface area contributed by atoms with E-state index in [2.05, 4.69) is 54.6 Å². The van der Waals surface area contributed by atoms with Gasteiger partial charge in [-0.25, -0.2) is 19.9 Å². The minimum atomic E-state index is 0.580. The van der Waals surface area contributed by atoms with E-state index >= 15 is 0 Å². The van der Waals surface area contributed by atoms with E-state index < -0.39 is 0 Å². The number of aromatic nitrogens is 5. The SMILES string of the molecule is c1ccc(-c2nc(-c3ccccc3)nc(-c3cc(-c4ccc5nc(-c6ccccc6)oc5c4)cc(-c4cccc5cccnc45)c3)n2)cc1. The standard InChI is InChI=1S/C43H27N5O/c1-4-12-29(13-5-1)40-46-41(30-14-6-2-7-15-30)48-42(47-40)35-25-33(24-34(26-35)36-20-10-18-28-19-11-23-44-39(28)36)32-21-22-37-38(27-32)49-43(45-37)31-16-8-3-9-17-31/h1-27H. The van der Waals surface area contributed by atoms with Gasteiger partial charge in [0.25, 0.3) is 0 Å². The van der Waals surface area contributed by atoms with Gasteiger partial charge in [-0.05, 0) is 65.2 Å². The third kappa shape index (κ3) is 5.51. The molecule has 0 bridgehead atoms. The molecular weight excluding hydrogens is 603 g/mol. The van der Waals surface area contributed by atoms with Crippen molar-refractivity contribution in [3.8, 4) is 67.9 Å². The van der Waals surface area contributed by atoms with Gasteiger partial charge in [0.05, 0.1) is 5.52 Å². The Morgan fingerprint density at radius 3 is 1.67 bits per heavy atom. The fourth-order valence-corrected chi connectivity index (χ4v) is 6.16. The molecule has 6 heteroatoms. The van der Waals surface area contributed by atoms with Crippen molar-refractivity contribution < 1.29 is 4.42 Å². The van der Waals surface area contributed by atoms with Gasteiger partial charge in [-0.2, -0.15) is 0 Å². The molecule has 0 aliphatic heterocycles. The predicted octanol–water partition coefficient (Wildman–Crippen LogP) is 10.6. The smallest absolute Gasteiger partial charge is 0.227 e. The van der Waals surface area contributed by atoms with Gasteiger partial charge in [-0.1, -0.05) is 109 Å². The quantitative estimate of drug-likeness (QED) is 0.182. The molecule has 0 saturated carbocycles. The summed E-state index contributed by atoms with van der Waals surface area (Å²) in [6.45, 7) is 0. The summed E-state index contributed by atoms with van der Waals surface area (Å²) in [5.74, 6) is 2.40. The minimum Gasteiger partial charge on any atom is -0.436 e. The Bertz CT molecular complexity index is 2540. The van der Waals surface area contributed by atoms with E-state index in [9.17, 15) is 0 Å². The molecule has 0 aliphatic carbocycles. The van der Waals surface area contributed by atoms with Crippen LogP contribution in [0.1, 0.15) is 0 Å². The van der Waals surface area contributed by atoms with Crippen LogP contribution in [-0.2, 0) is 0 Å². The van der Waals surface area contributed by atoms with Crippen LogP contribution in [0.15, 0.2) is 168 Å². The summed E-state index contributed by atoms with van der Waals surface area (Å²) in [7, 11) is 0. The first kappa shape index (κ1) is 28.4. The molecule has 6 aromatic carbocycles. The van der Waals surface area contributed by atoms with Crippen LogP contribution in [0.25, 0.3) is 89.9 Å². The number of benzene rings is 6. The lowest BCUT2D eigenvalue weighted by atomic mass is 9.94. The van der Waals surface area contributed by atoms with Gasteiger partial charge in [-0.3, -0.25) is 4.98 Å². The lowest BCUT2D eigenvalue weighted by molar-refractivity contribution is 0.620. The number of oxazole rings is 1. The van der Waals surface area contributed by atoms with E-state index in [1.807, 2.05) is 109 Å². The molecule has 230 valence electrons. The molecule has 6 nitrogen and oxygen atoms in total. The molecule has 9 rings (SSSR count). The van der Waals surface area contributed by atoms with Gasteiger partial charge in [0.2, 0.25) is 5.89 Å². The maximum Gasteiger partial charge on any atom is 0.227 e. The third-order valence-corrected chi connectivity index (χ3v) is 8.58. The Hall–Kier alpha value is -6.79. The highest BCUT2D eigenvalue weighted by molar-refractivity contribution is 5.96. The first-order valence-corrected chi connectivity index (χ1v) is 16.1. The van der Waals surface area contributed by atoms with Crippen molar-refractivity contribution in [1.82, 2.24) is 24.9 Å². The fourth-order valence-electron chi connectivity index (χ4n) is 6.16. The molecule has 0 unspecified atom stereocenters. The third-order valence-electron chi connectivity index (χ3n) is 8.58. The average molecular weight is 630 g/mol. The van der Waals surface area contributed by atoms with Gasteiger partial charge in [0.1, 0.15) is 5.52 Å². The zero-order valence-corrected chi connectivity index (χ0v) is 26.2. The van der Waals surface area contributed by atoms with E-state index in [1.54, 1.807) is 0 Å². The molecule has 0 spiro atoms. The van der Waals surface area contributed by atoms with Crippen LogP contribution in [0.5, 0.6) is 0 Å². The lowest BCUT2D eigenvalue weighted by Crippen LogP contribution is -2.00. The zero-order chi connectivity index (χ0) is 32.6. The molecule has 0 atom stereocenters. The first-order chi connectivity index (χ1) is 24.2. The topological polar surface area (TPSA) is 77.6 Å². The highest BCUT2D eigenvalue weighted by atomic mass is 16.3. The molecule has 0 N–H and O–H groups in total. The van der Waals surface area contributed by atoms with Crippen LogP contribution >= 0.6 is 0 Å². The first-order valence-electron chi connectivity index (χ1n) is 16.1. The van der Waals surface area contributed by atoms with Crippen molar-refractivity contribution in [2.45, 2.75) is 0 Å².